The highest BCUT2D eigenvalue weighted by Gasteiger charge is 2.40. The molecule has 13 heavy (non-hydrogen) atoms. The second kappa shape index (κ2) is 3.19. The SMILES string of the molecule is CSc1ccc(C2(N)CC2)cc1Cl. The van der Waals surface area contributed by atoms with Crippen LogP contribution in [-0.4, -0.2) is 6.26 Å². The van der Waals surface area contributed by atoms with E-state index in [9.17, 15) is 0 Å². The molecule has 0 atom stereocenters. The molecule has 0 radical (unpaired) electrons. The predicted octanol–water partition coefficient (Wildman–Crippen LogP) is 3.01. The first-order valence-electron chi connectivity index (χ1n) is 4.29. The van der Waals surface area contributed by atoms with Gasteiger partial charge in [-0.25, -0.2) is 0 Å². The fourth-order valence-electron chi connectivity index (χ4n) is 1.40. The molecule has 0 heterocycles. The topological polar surface area (TPSA) is 26.0 Å². The molecule has 0 spiro atoms. The monoisotopic (exact) mass is 213 g/mol. The summed E-state index contributed by atoms with van der Waals surface area (Å²) >= 11 is 7.75. The minimum atomic E-state index is -0.0689. The highest BCUT2D eigenvalue weighted by Crippen LogP contribution is 2.44. The lowest BCUT2D eigenvalue weighted by molar-refractivity contribution is 0.739. The molecule has 1 nitrogen and oxygen atoms in total. The molecule has 0 aliphatic heterocycles. The van der Waals surface area contributed by atoms with Gasteiger partial charge in [-0.1, -0.05) is 17.7 Å². The van der Waals surface area contributed by atoms with Gasteiger partial charge in [-0.2, -0.15) is 0 Å². The Labute approximate surface area is 87.7 Å². The highest BCUT2D eigenvalue weighted by atomic mass is 35.5. The van der Waals surface area contributed by atoms with E-state index in [1.807, 2.05) is 12.3 Å². The summed E-state index contributed by atoms with van der Waals surface area (Å²) in [5.74, 6) is 0. The minimum Gasteiger partial charge on any atom is -0.321 e. The van der Waals surface area contributed by atoms with E-state index in [1.165, 1.54) is 5.56 Å². The summed E-state index contributed by atoms with van der Waals surface area (Å²) in [6.45, 7) is 0. The zero-order valence-electron chi connectivity index (χ0n) is 7.51. The fourth-order valence-corrected chi connectivity index (χ4v) is 2.27. The summed E-state index contributed by atoms with van der Waals surface area (Å²) in [6, 6.07) is 6.14. The molecule has 0 aromatic heterocycles. The number of thioether (sulfide) groups is 1. The van der Waals surface area contributed by atoms with Crippen molar-refractivity contribution in [3.05, 3.63) is 28.8 Å². The Balaban J connectivity index is 2.36. The number of benzene rings is 1. The van der Waals surface area contributed by atoms with Crippen LogP contribution in [0.2, 0.25) is 5.02 Å². The Kier molecular flexibility index (Phi) is 2.30. The smallest absolute Gasteiger partial charge is 0.0545 e. The van der Waals surface area contributed by atoms with Gasteiger partial charge in [-0.15, -0.1) is 11.8 Å². The maximum atomic E-state index is 6.09. The van der Waals surface area contributed by atoms with E-state index in [-0.39, 0.29) is 5.54 Å². The zero-order chi connectivity index (χ0) is 9.47. The largest absolute Gasteiger partial charge is 0.321 e. The van der Waals surface area contributed by atoms with Crippen LogP contribution in [-0.2, 0) is 5.54 Å². The molecule has 0 amide bonds. The lowest BCUT2D eigenvalue weighted by atomic mass is 10.1. The minimum absolute atomic E-state index is 0.0689. The predicted molar refractivity (Wildman–Crippen MR) is 58.3 cm³/mol. The quantitative estimate of drug-likeness (QED) is 0.765. The summed E-state index contributed by atoms with van der Waals surface area (Å²) in [7, 11) is 0. The molecule has 1 fully saturated rings. The Morgan fingerprint density at radius 3 is 2.62 bits per heavy atom. The fraction of sp³-hybridized carbons (Fsp3) is 0.400. The molecule has 1 aliphatic carbocycles. The van der Waals surface area contributed by atoms with E-state index in [4.69, 9.17) is 17.3 Å². The van der Waals surface area contributed by atoms with E-state index >= 15 is 0 Å². The first kappa shape index (κ1) is 9.38. The first-order chi connectivity index (χ1) is 6.15. The van der Waals surface area contributed by atoms with Gasteiger partial charge < -0.3 is 5.73 Å². The molecule has 1 saturated carbocycles. The van der Waals surface area contributed by atoms with E-state index < -0.39 is 0 Å². The second-order valence-corrected chi connectivity index (χ2v) is 4.76. The summed E-state index contributed by atoms with van der Waals surface area (Å²) < 4.78 is 0. The van der Waals surface area contributed by atoms with Crippen LogP contribution < -0.4 is 5.73 Å². The molecule has 3 heteroatoms. The van der Waals surface area contributed by atoms with Gasteiger partial charge in [0.05, 0.1) is 5.02 Å². The lowest BCUT2D eigenvalue weighted by Gasteiger charge is -2.10. The molecule has 1 aliphatic rings. The van der Waals surface area contributed by atoms with Crippen molar-refractivity contribution < 1.29 is 0 Å². The Morgan fingerprint density at radius 2 is 2.15 bits per heavy atom. The second-order valence-electron chi connectivity index (χ2n) is 3.51. The van der Waals surface area contributed by atoms with Crippen LogP contribution in [0, 0.1) is 0 Å². The molecule has 1 aromatic rings. The molecule has 0 saturated heterocycles. The number of hydrogen-bond donors (Lipinski definition) is 1. The van der Waals surface area contributed by atoms with Crippen molar-refractivity contribution >= 4 is 23.4 Å². The van der Waals surface area contributed by atoms with Crippen LogP contribution in [0.25, 0.3) is 0 Å². The summed E-state index contributed by atoms with van der Waals surface area (Å²) in [6.07, 6.45) is 4.19. The molecule has 2 N–H and O–H groups in total. The normalized spacial score (nSPS) is 18.7. The Hall–Kier alpha value is -0.180. The molecule has 1 aromatic carbocycles. The number of rotatable bonds is 2. The average molecular weight is 214 g/mol. The van der Waals surface area contributed by atoms with Gasteiger partial charge in [0.15, 0.2) is 0 Å². The number of nitrogens with two attached hydrogens (primary N) is 1. The molecular formula is C10H12ClNS. The van der Waals surface area contributed by atoms with Crippen molar-refractivity contribution in [2.45, 2.75) is 23.3 Å². The standard InChI is InChI=1S/C10H12ClNS/c1-13-9-3-2-7(6-8(9)11)10(12)4-5-10/h2-3,6H,4-5,12H2,1H3. The molecular weight excluding hydrogens is 202 g/mol. The van der Waals surface area contributed by atoms with Crippen LogP contribution in [0.3, 0.4) is 0 Å². The van der Waals surface area contributed by atoms with E-state index in [0.29, 0.717) is 0 Å². The van der Waals surface area contributed by atoms with E-state index in [2.05, 4.69) is 12.1 Å². The van der Waals surface area contributed by atoms with E-state index in [0.717, 1.165) is 22.8 Å². The van der Waals surface area contributed by atoms with Gasteiger partial charge in [-0.3, -0.25) is 0 Å². The molecule has 0 bridgehead atoms. The van der Waals surface area contributed by atoms with Gasteiger partial charge in [0.25, 0.3) is 0 Å². The lowest BCUT2D eigenvalue weighted by Crippen LogP contribution is -2.18. The van der Waals surface area contributed by atoms with Crippen LogP contribution in [0.4, 0.5) is 0 Å². The van der Waals surface area contributed by atoms with Gasteiger partial charge in [0.1, 0.15) is 0 Å². The summed E-state index contributed by atoms with van der Waals surface area (Å²) in [5, 5.41) is 0.821. The van der Waals surface area contributed by atoms with Crippen LogP contribution in [0.1, 0.15) is 18.4 Å². The molecule has 0 unspecified atom stereocenters. The summed E-state index contributed by atoms with van der Waals surface area (Å²) in [5.41, 5.74) is 7.17. The van der Waals surface area contributed by atoms with E-state index in [1.54, 1.807) is 11.8 Å². The highest BCUT2D eigenvalue weighted by molar-refractivity contribution is 7.98. The Morgan fingerprint density at radius 1 is 1.46 bits per heavy atom. The maximum absolute atomic E-state index is 6.09. The van der Waals surface area contributed by atoms with Crippen molar-refractivity contribution in [2.24, 2.45) is 5.73 Å². The molecule has 70 valence electrons. The van der Waals surface area contributed by atoms with Gasteiger partial charge in [0.2, 0.25) is 0 Å². The van der Waals surface area contributed by atoms with Crippen molar-refractivity contribution in [3.8, 4) is 0 Å². The van der Waals surface area contributed by atoms with Crippen molar-refractivity contribution in [1.82, 2.24) is 0 Å². The Bertz CT molecular complexity index is 334. The summed E-state index contributed by atoms with van der Waals surface area (Å²) in [4.78, 5) is 1.12. The van der Waals surface area contributed by atoms with Gasteiger partial charge >= 0.3 is 0 Å². The van der Waals surface area contributed by atoms with Crippen LogP contribution in [0.15, 0.2) is 23.1 Å². The number of hydrogen-bond acceptors (Lipinski definition) is 2. The maximum Gasteiger partial charge on any atom is 0.0545 e. The first-order valence-corrected chi connectivity index (χ1v) is 5.89. The van der Waals surface area contributed by atoms with Crippen molar-refractivity contribution in [2.75, 3.05) is 6.26 Å². The number of halogens is 1. The van der Waals surface area contributed by atoms with Crippen LogP contribution >= 0.6 is 23.4 Å². The van der Waals surface area contributed by atoms with Gasteiger partial charge in [0, 0.05) is 10.4 Å². The van der Waals surface area contributed by atoms with Crippen LogP contribution in [0.5, 0.6) is 0 Å². The van der Waals surface area contributed by atoms with Crippen molar-refractivity contribution in [3.63, 3.8) is 0 Å². The third kappa shape index (κ3) is 1.71. The van der Waals surface area contributed by atoms with Gasteiger partial charge in [-0.05, 0) is 36.8 Å². The third-order valence-corrected chi connectivity index (χ3v) is 3.74. The average Bonchev–Trinajstić information content (AvgIpc) is 2.85. The van der Waals surface area contributed by atoms with Crippen molar-refractivity contribution in [1.29, 1.82) is 0 Å². The molecule has 2 rings (SSSR count). The third-order valence-electron chi connectivity index (χ3n) is 2.52. The zero-order valence-corrected chi connectivity index (χ0v) is 9.08.